The van der Waals surface area contributed by atoms with Gasteiger partial charge in [0.05, 0.1) is 16.0 Å². The molecule has 0 atom stereocenters. The second-order valence-electron chi connectivity index (χ2n) is 7.12. The molecule has 0 bridgehead atoms. The Morgan fingerprint density at radius 2 is 1.50 bits per heavy atom. The Morgan fingerprint density at radius 1 is 0.800 bits per heavy atom. The van der Waals surface area contributed by atoms with Crippen LogP contribution in [0.5, 0.6) is 0 Å². The quantitative estimate of drug-likeness (QED) is 0.368. The van der Waals surface area contributed by atoms with Gasteiger partial charge in [-0.1, -0.05) is 54.1 Å². The zero-order chi connectivity index (χ0) is 21.0. The molecule has 0 fully saturated rings. The number of amides is 2. The zero-order valence-corrected chi connectivity index (χ0v) is 16.6. The van der Waals surface area contributed by atoms with Gasteiger partial charge in [-0.2, -0.15) is 8.42 Å². The molecule has 0 N–H and O–H groups in total. The topological polar surface area (TPSA) is 80.8 Å². The first-order valence-corrected chi connectivity index (χ1v) is 10.6. The van der Waals surface area contributed by atoms with Gasteiger partial charge < -0.3 is 0 Å². The summed E-state index contributed by atoms with van der Waals surface area (Å²) in [6.45, 7) is 1.82. The van der Waals surface area contributed by atoms with Gasteiger partial charge in [0.2, 0.25) is 0 Å². The maximum absolute atomic E-state index is 13.3. The molecule has 7 heteroatoms. The van der Waals surface area contributed by atoms with Crippen molar-refractivity contribution in [3.05, 3.63) is 89.5 Å². The van der Waals surface area contributed by atoms with Crippen LogP contribution in [0, 0.1) is 6.92 Å². The average molecular weight is 417 g/mol. The molecule has 5 rings (SSSR count). The molecule has 0 saturated heterocycles. The summed E-state index contributed by atoms with van der Waals surface area (Å²) in [6.07, 6.45) is 0. The molecule has 148 valence electrons. The third kappa shape index (κ3) is 2.71. The molecule has 0 unspecified atom stereocenters. The van der Waals surface area contributed by atoms with Crippen LogP contribution < -0.4 is 0 Å². The second-order valence-corrected chi connectivity index (χ2v) is 8.65. The lowest BCUT2D eigenvalue weighted by atomic mass is 9.90. The molecule has 4 aromatic rings. The highest BCUT2D eigenvalue weighted by Gasteiger charge is 2.38. The molecule has 0 aliphatic carbocycles. The summed E-state index contributed by atoms with van der Waals surface area (Å²) in [5, 5.41) is 3.00. The minimum Gasteiger partial charge on any atom is -0.266 e. The standard InChI is InChI=1S/C23H15NO5S/c1-14-9-11-17(12-10-14)30(27,28)29-24-22(25)19-8-4-6-16-13-15-5-2-3-7-18(15)21(20(16)19)23(24)26/h2-13H,1H3. The maximum atomic E-state index is 13.3. The van der Waals surface area contributed by atoms with Crippen LogP contribution in [0.3, 0.4) is 0 Å². The molecular weight excluding hydrogens is 402 g/mol. The Kier molecular flexibility index (Phi) is 3.99. The number of hydrogen-bond acceptors (Lipinski definition) is 5. The molecule has 0 aromatic heterocycles. The summed E-state index contributed by atoms with van der Waals surface area (Å²) >= 11 is 0. The minimum absolute atomic E-state index is 0.143. The van der Waals surface area contributed by atoms with E-state index in [0.29, 0.717) is 15.8 Å². The van der Waals surface area contributed by atoms with Gasteiger partial charge in [0.25, 0.3) is 11.8 Å². The van der Waals surface area contributed by atoms with Gasteiger partial charge in [-0.3, -0.25) is 9.59 Å². The van der Waals surface area contributed by atoms with Crippen molar-refractivity contribution in [1.82, 2.24) is 5.06 Å². The van der Waals surface area contributed by atoms with Crippen LogP contribution in [0.2, 0.25) is 0 Å². The molecular formula is C23H15NO5S. The van der Waals surface area contributed by atoms with Crippen LogP contribution in [0.1, 0.15) is 26.3 Å². The number of nitrogens with zero attached hydrogens (tertiary/aromatic N) is 1. The number of hydrogen-bond donors (Lipinski definition) is 0. The molecule has 0 spiro atoms. The molecule has 1 aliphatic heterocycles. The summed E-state index contributed by atoms with van der Waals surface area (Å²) in [6, 6.07) is 20.2. The van der Waals surface area contributed by atoms with Gasteiger partial charge in [-0.25, -0.2) is 0 Å². The number of aryl methyl sites for hydroxylation is 1. The Bertz CT molecular complexity index is 1470. The Morgan fingerprint density at radius 3 is 2.27 bits per heavy atom. The Balaban J connectivity index is 1.69. The third-order valence-electron chi connectivity index (χ3n) is 5.18. The van der Waals surface area contributed by atoms with E-state index in [1.807, 2.05) is 31.2 Å². The molecule has 4 aromatic carbocycles. The highest BCUT2D eigenvalue weighted by atomic mass is 32.2. The summed E-state index contributed by atoms with van der Waals surface area (Å²) in [5.41, 5.74) is 1.33. The first-order valence-electron chi connectivity index (χ1n) is 9.21. The van der Waals surface area contributed by atoms with Crippen LogP contribution in [0.4, 0.5) is 0 Å². The van der Waals surface area contributed by atoms with Gasteiger partial charge in [-0.15, -0.1) is 9.35 Å². The largest absolute Gasteiger partial charge is 0.318 e. The van der Waals surface area contributed by atoms with Crippen LogP contribution in [-0.4, -0.2) is 25.3 Å². The van der Waals surface area contributed by atoms with E-state index in [2.05, 4.69) is 0 Å². The predicted octanol–water partition coefficient (Wildman–Crippen LogP) is 4.22. The lowest BCUT2D eigenvalue weighted by Crippen LogP contribution is -2.41. The van der Waals surface area contributed by atoms with Crippen molar-refractivity contribution in [1.29, 1.82) is 0 Å². The maximum Gasteiger partial charge on any atom is 0.318 e. The first kappa shape index (κ1) is 18.5. The molecule has 1 aliphatic rings. The number of hydroxylamine groups is 2. The number of carbonyl (C=O) groups excluding carboxylic acids is 2. The molecule has 1 heterocycles. The van der Waals surface area contributed by atoms with Gasteiger partial charge in [0, 0.05) is 5.39 Å². The van der Waals surface area contributed by atoms with E-state index in [4.69, 9.17) is 4.28 Å². The van der Waals surface area contributed by atoms with Crippen LogP contribution in [-0.2, 0) is 14.4 Å². The van der Waals surface area contributed by atoms with Gasteiger partial charge >= 0.3 is 10.1 Å². The molecule has 0 radical (unpaired) electrons. The number of carbonyl (C=O) groups is 2. The fraction of sp³-hybridized carbons (Fsp3) is 0.0435. The van der Waals surface area contributed by atoms with Crippen LogP contribution in [0.15, 0.2) is 77.7 Å². The fourth-order valence-corrected chi connectivity index (χ4v) is 4.63. The van der Waals surface area contributed by atoms with Crippen molar-refractivity contribution >= 4 is 43.5 Å². The summed E-state index contributed by atoms with van der Waals surface area (Å²) in [4.78, 5) is 26.2. The number of fused-ring (bicyclic) bond motifs is 2. The van der Waals surface area contributed by atoms with E-state index < -0.39 is 21.9 Å². The van der Waals surface area contributed by atoms with Crippen LogP contribution >= 0.6 is 0 Å². The highest BCUT2D eigenvalue weighted by Crippen LogP contribution is 2.36. The lowest BCUT2D eigenvalue weighted by molar-refractivity contribution is -0.0153. The van der Waals surface area contributed by atoms with Crippen molar-refractivity contribution in [2.75, 3.05) is 0 Å². The zero-order valence-electron chi connectivity index (χ0n) is 15.8. The summed E-state index contributed by atoms with van der Waals surface area (Å²) in [7, 11) is -4.38. The summed E-state index contributed by atoms with van der Waals surface area (Å²) in [5.74, 6) is -1.62. The van der Waals surface area contributed by atoms with Crippen molar-refractivity contribution < 1.29 is 22.3 Å². The fourth-order valence-electron chi connectivity index (χ4n) is 3.74. The van der Waals surface area contributed by atoms with Gasteiger partial charge in [0.15, 0.2) is 0 Å². The SMILES string of the molecule is Cc1ccc(S(=O)(=O)ON2C(=O)c3cccc4cc5ccccc5c(c34)C2=O)cc1. The van der Waals surface area contributed by atoms with Crippen LogP contribution in [0.25, 0.3) is 21.5 Å². The number of rotatable bonds is 3. The van der Waals surface area contributed by atoms with Crippen molar-refractivity contribution in [3.63, 3.8) is 0 Å². The molecule has 30 heavy (non-hydrogen) atoms. The van der Waals surface area contributed by atoms with E-state index in [9.17, 15) is 18.0 Å². The smallest absolute Gasteiger partial charge is 0.266 e. The monoisotopic (exact) mass is 417 g/mol. The van der Waals surface area contributed by atoms with E-state index in [1.54, 1.807) is 36.4 Å². The Hall–Kier alpha value is -3.55. The summed E-state index contributed by atoms with van der Waals surface area (Å²) < 4.78 is 30.6. The first-order chi connectivity index (χ1) is 14.4. The normalized spacial score (nSPS) is 14.0. The third-order valence-corrected chi connectivity index (χ3v) is 6.38. The van der Waals surface area contributed by atoms with E-state index >= 15 is 0 Å². The molecule has 6 nitrogen and oxygen atoms in total. The van der Waals surface area contributed by atoms with Crippen molar-refractivity contribution in [2.24, 2.45) is 0 Å². The second kappa shape index (κ2) is 6.48. The number of benzene rings is 4. The number of imide groups is 1. The highest BCUT2D eigenvalue weighted by molar-refractivity contribution is 7.86. The van der Waals surface area contributed by atoms with Gasteiger partial charge in [0.1, 0.15) is 0 Å². The van der Waals surface area contributed by atoms with E-state index in [0.717, 1.165) is 16.3 Å². The lowest BCUT2D eigenvalue weighted by Gasteiger charge is -2.26. The van der Waals surface area contributed by atoms with E-state index in [1.165, 1.54) is 12.1 Å². The predicted molar refractivity (Wildman–Crippen MR) is 111 cm³/mol. The molecule has 0 saturated carbocycles. The minimum atomic E-state index is -4.38. The Labute approximate surface area is 172 Å². The van der Waals surface area contributed by atoms with Crippen molar-refractivity contribution in [2.45, 2.75) is 11.8 Å². The van der Waals surface area contributed by atoms with Gasteiger partial charge in [-0.05, 0) is 47.3 Å². The average Bonchev–Trinajstić information content (AvgIpc) is 2.74. The van der Waals surface area contributed by atoms with Crippen molar-refractivity contribution in [3.8, 4) is 0 Å². The van der Waals surface area contributed by atoms with E-state index in [-0.39, 0.29) is 16.0 Å². The molecule has 2 amide bonds.